The lowest BCUT2D eigenvalue weighted by molar-refractivity contribution is 0.249. The van der Waals surface area contributed by atoms with Crippen molar-refractivity contribution in [3.05, 3.63) is 11.7 Å². The zero-order chi connectivity index (χ0) is 13.7. The Bertz CT molecular complexity index is 383. The highest BCUT2D eigenvalue weighted by Gasteiger charge is 2.29. The molecular formula is C14H25N3OS. The van der Waals surface area contributed by atoms with E-state index in [2.05, 4.69) is 24.0 Å². The Hall–Kier alpha value is -0.550. The van der Waals surface area contributed by atoms with Crippen LogP contribution in [0.25, 0.3) is 0 Å². The largest absolute Gasteiger partial charge is 0.339 e. The number of hydrogen-bond acceptors (Lipinski definition) is 5. The molecule has 1 aromatic rings. The van der Waals surface area contributed by atoms with Crippen molar-refractivity contribution in [1.82, 2.24) is 10.1 Å². The minimum absolute atomic E-state index is 0.383. The Morgan fingerprint density at radius 1 is 1.42 bits per heavy atom. The summed E-state index contributed by atoms with van der Waals surface area (Å²) in [7, 11) is 0. The second kappa shape index (κ2) is 7.29. The zero-order valence-electron chi connectivity index (χ0n) is 12.0. The van der Waals surface area contributed by atoms with E-state index in [0.717, 1.165) is 30.4 Å². The number of nitrogens with zero attached hydrogens (tertiary/aromatic N) is 2. The predicted molar refractivity (Wildman–Crippen MR) is 79.1 cm³/mol. The molecule has 1 aliphatic rings. The van der Waals surface area contributed by atoms with Crippen molar-refractivity contribution < 1.29 is 4.52 Å². The summed E-state index contributed by atoms with van der Waals surface area (Å²) in [5.74, 6) is 3.40. The third-order valence-corrected chi connectivity index (χ3v) is 5.41. The van der Waals surface area contributed by atoms with Gasteiger partial charge >= 0.3 is 0 Å². The lowest BCUT2D eigenvalue weighted by Crippen LogP contribution is -2.25. The zero-order valence-corrected chi connectivity index (χ0v) is 12.8. The van der Waals surface area contributed by atoms with Crippen molar-refractivity contribution >= 4 is 11.8 Å². The monoisotopic (exact) mass is 283 g/mol. The molecule has 4 nitrogen and oxygen atoms in total. The van der Waals surface area contributed by atoms with Crippen LogP contribution in [0.15, 0.2) is 4.52 Å². The topological polar surface area (TPSA) is 64.9 Å². The summed E-state index contributed by atoms with van der Waals surface area (Å²) in [6.07, 6.45) is 6.04. The van der Waals surface area contributed by atoms with Gasteiger partial charge in [0.1, 0.15) is 0 Å². The molecule has 0 spiro atoms. The third-order valence-electron chi connectivity index (χ3n) is 4.08. The van der Waals surface area contributed by atoms with Crippen LogP contribution in [-0.4, -0.2) is 21.9 Å². The second-order valence-corrected chi connectivity index (χ2v) is 6.89. The molecule has 0 saturated heterocycles. The highest BCUT2D eigenvalue weighted by Crippen LogP contribution is 2.36. The fourth-order valence-electron chi connectivity index (χ4n) is 2.63. The number of nitrogens with two attached hydrogens (primary N) is 1. The molecule has 0 bridgehead atoms. The fourth-order valence-corrected chi connectivity index (χ4v) is 3.41. The standard InChI is InChI=1S/C14H25N3OS/c1-3-10(2)19-9-13-16-14(18-17-13)12-7-5-4-6-11(12)8-15/h10-12H,3-9,15H2,1-2H3. The van der Waals surface area contributed by atoms with Gasteiger partial charge in [-0.25, -0.2) is 0 Å². The highest BCUT2D eigenvalue weighted by atomic mass is 32.2. The van der Waals surface area contributed by atoms with Gasteiger partial charge in [-0.15, -0.1) is 0 Å². The maximum atomic E-state index is 5.86. The van der Waals surface area contributed by atoms with Gasteiger partial charge in [0.25, 0.3) is 0 Å². The van der Waals surface area contributed by atoms with E-state index < -0.39 is 0 Å². The van der Waals surface area contributed by atoms with Gasteiger partial charge in [0.05, 0.1) is 5.75 Å². The molecule has 0 radical (unpaired) electrons. The molecule has 1 aliphatic carbocycles. The Balaban J connectivity index is 1.95. The molecule has 0 aliphatic heterocycles. The molecular weight excluding hydrogens is 258 g/mol. The number of rotatable bonds is 6. The first-order valence-corrected chi connectivity index (χ1v) is 8.43. The van der Waals surface area contributed by atoms with E-state index in [1.165, 1.54) is 25.7 Å². The summed E-state index contributed by atoms with van der Waals surface area (Å²) < 4.78 is 5.47. The van der Waals surface area contributed by atoms with Crippen LogP contribution in [0.5, 0.6) is 0 Å². The van der Waals surface area contributed by atoms with E-state index in [-0.39, 0.29) is 0 Å². The van der Waals surface area contributed by atoms with Gasteiger partial charge in [0.2, 0.25) is 5.89 Å². The first-order valence-electron chi connectivity index (χ1n) is 7.38. The lowest BCUT2D eigenvalue weighted by atomic mass is 9.79. The normalized spacial score (nSPS) is 25.4. The second-order valence-electron chi connectivity index (χ2n) is 5.47. The highest BCUT2D eigenvalue weighted by molar-refractivity contribution is 7.99. The van der Waals surface area contributed by atoms with E-state index in [0.29, 0.717) is 17.1 Å². The molecule has 1 heterocycles. The minimum atomic E-state index is 0.383. The van der Waals surface area contributed by atoms with Crippen LogP contribution in [0, 0.1) is 5.92 Å². The van der Waals surface area contributed by atoms with Crippen LogP contribution < -0.4 is 5.73 Å². The summed E-state index contributed by atoms with van der Waals surface area (Å²) in [5.41, 5.74) is 5.86. The van der Waals surface area contributed by atoms with Crippen molar-refractivity contribution in [2.45, 2.75) is 62.9 Å². The number of thioether (sulfide) groups is 1. The molecule has 2 rings (SSSR count). The van der Waals surface area contributed by atoms with Gasteiger partial charge < -0.3 is 10.3 Å². The molecule has 3 atom stereocenters. The van der Waals surface area contributed by atoms with Gasteiger partial charge in [-0.3, -0.25) is 0 Å². The van der Waals surface area contributed by atoms with Crippen LogP contribution in [0.1, 0.15) is 63.6 Å². The van der Waals surface area contributed by atoms with E-state index >= 15 is 0 Å². The molecule has 2 N–H and O–H groups in total. The minimum Gasteiger partial charge on any atom is -0.339 e. The van der Waals surface area contributed by atoms with Gasteiger partial charge in [-0.1, -0.05) is 31.8 Å². The molecule has 1 aromatic heterocycles. The van der Waals surface area contributed by atoms with E-state index in [1.54, 1.807) is 0 Å². The van der Waals surface area contributed by atoms with E-state index in [1.807, 2.05) is 11.8 Å². The average molecular weight is 283 g/mol. The molecule has 5 heteroatoms. The van der Waals surface area contributed by atoms with Crippen LogP contribution in [0.3, 0.4) is 0 Å². The predicted octanol–water partition coefficient (Wildman–Crippen LogP) is 3.33. The maximum Gasteiger partial charge on any atom is 0.230 e. The molecule has 3 unspecified atom stereocenters. The first-order chi connectivity index (χ1) is 9.24. The van der Waals surface area contributed by atoms with Crippen LogP contribution in [0.4, 0.5) is 0 Å². The smallest absolute Gasteiger partial charge is 0.230 e. The average Bonchev–Trinajstić information content (AvgIpc) is 2.93. The lowest BCUT2D eigenvalue weighted by Gasteiger charge is -2.27. The Morgan fingerprint density at radius 2 is 2.21 bits per heavy atom. The van der Waals surface area contributed by atoms with Crippen molar-refractivity contribution in [2.75, 3.05) is 6.54 Å². The molecule has 0 amide bonds. The van der Waals surface area contributed by atoms with Gasteiger partial charge in [-0.2, -0.15) is 16.7 Å². The summed E-state index contributed by atoms with van der Waals surface area (Å²) >= 11 is 1.89. The van der Waals surface area contributed by atoms with Crippen molar-refractivity contribution in [2.24, 2.45) is 11.7 Å². The molecule has 1 saturated carbocycles. The van der Waals surface area contributed by atoms with E-state index in [9.17, 15) is 0 Å². The van der Waals surface area contributed by atoms with Crippen molar-refractivity contribution in [3.8, 4) is 0 Å². The quantitative estimate of drug-likeness (QED) is 0.867. The Labute approximate surface area is 119 Å². The van der Waals surface area contributed by atoms with Gasteiger partial charge in [-0.05, 0) is 31.7 Å². The number of hydrogen-bond donors (Lipinski definition) is 1. The first kappa shape index (κ1) is 14.9. The Morgan fingerprint density at radius 3 is 2.95 bits per heavy atom. The maximum absolute atomic E-state index is 5.86. The van der Waals surface area contributed by atoms with Crippen LogP contribution in [-0.2, 0) is 5.75 Å². The molecule has 0 aromatic carbocycles. The number of aromatic nitrogens is 2. The molecule has 1 fully saturated rings. The fraction of sp³-hybridized carbons (Fsp3) is 0.857. The summed E-state index contributed by atoms with van der Waals surface area (Å²) in [6, 6.07) is 0. The van der Waals surface area contributed by atoms with Crippen LogP contribution in [0.2, 0.25) is 0 Å². The van der Waals surface area contributed by atoms with Crippen molar-refractivity contribution in [3.63, 3.8) is 0 Å². The van der Waals surface area contributed by atoms with Crippen molar-refractivity contribution in [1.29, 1.82) is 0 Å². The van der Waals surface area contributed by atoms with Gasteiger partial charge in [0.15, 0.2) is 5.82 Å². The summed E-state index contributed by atoms with van der Waals surface area (Å²) in [6.45, 7) is 5.16. The Kier molecular flexibility index (Phi) is 5.70. The SMILES string of the molecule is CCC(C)SCc1noc(C2CCCCC2CN)n1. The summed E-state index contributed by atoms with van der Waals surface area (Å²) in [5, 5.41) is 4.77. The molecule has 19 heavy (non-hydrogen) atoms. The van der Waals surface area contributed by atoms with E-state index in [4.69, 9.17) is 10.3 Å². The van der Waals surface area contributed by atoms with Gasteiger partial charge in [0, 0.05) is 11.2 Å². The summed E-state index contributed by atoms with van der Waals surface area (Å²) in [4.78, 5) is 4.58. The molecule has 108 valence electrons. The third kappa shape index (κ3) is 3.96. The van der Waals surface area contributed by atoms with Crippen LogP contribution >= 0.6 is 11.8 Å².